The maximum atomic E-state index is 13.0. The summed E-state index contributed by atoms with van der Waals surface area (Å²) in [5.41, 5.74) is 0.182. The van der Waals surface area contributed by atoms with Crippen LogP contribution in [0.1, 0.15) is 17.4 Å². The van der Waals surface area contributed by atoms with Crippen molar-refractivity contribution >= 4 is 32.3 Å². The molecule has 1 aromatic heterocycles. The monoisotopic (exact) mass is 300 g/mol. The van der Waals surface area contributed by atoms with Gasteiger partial charge in [-0.15, -0.1) is 11.3 Å². The third-order valence-electron chi connectivity index (χ3n) is 2.19. The Hall–Kier alpha value is -1.80. The average Bonchev–Trinajstić information content (AvgIpc) is 2.77. The Morgan fingerprint density at radius 2 is 2.16 bits per heavy atom. The van der Waals surface area contributed by atoms with Gasteiger partial charge in [0.05, 0.1) is 4.90 Å². The van der Waals surface area contributed by atoms with Gasteiger partial charge in [-0.2, -0.15) is 0 Å². The van der Waals surface area contributed by atoms with E-state index in [2.05, 4.69) is 9.71 Å². The number of anilines is 1. The van der Waals surface area contributed by atoms with Crippen LogP contribution in [0.15, 0.2) is 34.5 Å². The molecular weight excluding hydrogens is 291 g/mol. The van der Waals surface area contributed by atoms with Crippen LogP contribution in [0.4, 0.5) is 9.52 Å². The van der Waals surface area contributed by atoms with Gasteiger partial charge in [0.2, 0.25) is 0 Å². The van der Waals surface area contributed by atoms with Crippen LogP contribution in [0.25, 0.3) is 0 Å². The Bertz CT molecular complexity index is 725. The van der Waals surface area contributed by atoms with E-state index in [1.807, 2.05) is 0 Å². The molecule has 0 spiro atoms. The summed E-state index contributed by atoms with van der Waals surface area (Å²) in [6, 6.07) is 4.62. The van der Waals surface area contributed by atoms with Crippen molar-refractivity contribution in [2.75, 3.05) is 4.72 Å². The summed E-state index contributed by atoms with van der Waals surface area (Å²) in [5, 5.41) is 1.51. The summed E-state index contributed by atoms with van der Waals surface area (Å²) in [6.07, 6.45) is 0. The van der Waals surface area contributed by atoms with Gasteiger partial charge in [0, 0.05) is 12.3 Å². The zero-order chi connectivity index (χ0) is 14.0. The molecule has 0 bridgehead atoms. The van der Waals surface area contributed by atoms with E-state index in [-0.39, 0.29) is 21.5 Å². The predicted molar refractivity (Wildman–Crippen MR) is 69.3 cm³/mol. The largest absolute Gasteiger partial charge is 0.293 e. The average molecular weight is 300 g/mol. The molecule has 100 valence electrons. The maximum absolute atomic E-state index is 13.0. The number of rotatable bonds is 4. The summed E-state index contributed by atoms with van der Waals surface area (Å²) in [6.45, 7) is 1.33. The molecule has 2 rings (SSSR count). The van der Waals surface area contributed by atoms with Crippen molar-refractivity contribution in [3.8, 4) is 0 Å². The highest BCUT2D eigenvalue weighted by Crippen LogP contribution is 2.20. The molecule has 1 N–H and O–H groups in total. The highest BCUT2D eigenvalue weighted by molar-refractivity contribution is 7.93. The standard InChI is InChI=1S/C11H9FN2O3S2/c1-7(15)10-6-18-11(13-10)14-19(16,17)9-4-2-3-8(12)5-9/h2-6H,1H3,(H,13,14). The maximum Gasteiger partial charge on any atom is 0.263 e. The Morgan fingerprint density at radius 3 is 2.74 bits per heavy atom. The summed E-state index contributed by atoms with van der Waals surface area (Å²) in [4.78, 5) is 14.7. The Balaban J connectivity index is 2.28. The number of aromatic nitrogens is 1. The van der Waals surface area contributed by atoms with Crippen LogP contribution >= 0.6 is 11.3 Å². The molecular formula is C11H9FN2O3S2. The molecule has 0 aliphatic rings. The van der Waals surface area contributed by atoms with Crippen molar-refractivity contribution in [2.24, 2.45) is 0 Å². The molecule has 1 heterocycles. The number of Topliss-reactive ketones (excluding diaryl/α,β-unsaturated/α-hetero) is 1. The normalized spacial score (nSPS) is 11.3. The van der Waals surface area contributed by atoms with Gasteiger partial charge in [-0.1, -0.05) is 6.07 Å². The number of carbonyl (C=O) groups is 1. The molecule has 0 aliphatic heterocycles. The molecule has 19 heavy (non-hydrogen) atoms. The van der Waals surface area contributed by atoms with E-state index in [1.165, 1.54) is 24.4 Å². The first kappa shape index (κ1) is 13.6. The molecule has 0 aliphatic carbocycles. The molecule has 0 radical (unpaired) electrons. The highest BCUT2D eigenvalue weighted by Gasteiger charge is 2.17. The van der Waals surface area contributed by atoms with Crippen molar-refractivity contribution in [3.63, 3.8) is 0 Å². The van der Waals surface area contributed by atoms with Gasteiger partial charge < -0.3 is 0 Å². The molecule has 2 aromatic rings. The topological polar surface area (TPSA) is 76.1 Å². The quantitative estimate of drug-likeness (QED) is 0.879. The van der Waals surface area contributed by atoms with E-state index in [1.54, 1.807) is 0 Å². The van der Waals surface area contributed by atoms with E-state index < -0.39 is 15.8 Å². The number of halogens is 1. The van der Waals surface area contributed by atoms with Crippen LogP contribution in [0, 0.1) is 5.82 Å². The van der Waals surface area contributed by atoms with Gasteiger partial charge in [0.15, 0.2) is 10.9 Å². The third kappa shape index (κ3) is 3.15. The van der Waals surface area contributed by atoms with Crippen molar-refractivity contribution < 1.29 is 17.6 Å². The molecule has 0 saturated heterocycles. The lowest BCUT2D eigenvalue weighted by Crippen LogP contribution is -2.13. The van der Waals surface area contributed by atoms with E-state index in [9.17, 15) is 17.6 Å². The van der Waals surface area contributed by atoms with Gasteiger partial charge in [-0.05, 0) is 18.2 Å². The van der Waals surface area contributed by atoms with Crippen molar-refractivity contribution in [1.29, 1.82) is 0 Å². The Kier molecular flexibility index (Phi) is 3.63. The van der Waals surface area contributed by atoms with Crippen LogP contribution in [0.3, 0.4) is 0 Å². The summed E-state index contributed by atoms with van der Waals surface area (Å²) in [5.74, 6) is -0.904. The highest BCUT2D eigenvalue weighted by atomic mass is 32.2. The smallest absolute Gasteiger partial charge is 0.263 e. The minimum atomic E-state index is -3.90. The van der Waals surface area contributed by atoms with E-state index in [0.29, 0.717) is 0 Å². The number of nitrogens with zero attached hydrogens (tertiary/aromatic N) is 1. The van der Waals surface area contributed by atoms with Gasteiger partial charge in [-0.25, -0.2) is 17.8 Å². The summed E-state index contributed by atoms with van der Waals surface area (Å²) >= 11 is 0.988. The molecule has 0 fully saturated rings. The van der Waals surface area contributed by atoms with Crippen LogP contribution in [-0.4, -0.2) is 19.2 Å². The van der Waals surface area contributed by atoms with E-state index in [0.717, 1.165) is 23.5 Å². The lowest BCUT2D eigenvalue weighted by atomic mass is 10.4. The molecule has 0 amide bonds. The van der Waals surface area contributed by atoms with Crippen LogP contribution in [-0.2, 0) is 10.0 Å². The second kappa shape index (κ2) is 5.06. The minimum absolute atomic E-state index is 0.0643. The molecule has 0 unspecified atom stereocenters. The lowest BCUT2D eigenvalue weighted by molar-refractivity contribution is 0.101. The van der Waals surface area contributed by atoms with E-state index >= 15 is 0 Å². The predicted octanol–water partition coefficient (Wildman–Crippen LogP) is 2.29. The third-order valence-corrected chi connectivity index (χ3v) is 4.42. The van der Waals surface area contributed by atoms with Crippen LogP contribution < -0.4 is 4.72 Å². The fourth-order valence-corrected chi connectivity index (χ4v) is 3.32. The van der Waals surface area contributed by atoms with Crippen molar-refractivity contribution in [3.05, 3.63) is 41.2 Å². The first-order valence-electron chi connectivity index (χ1n) is 5.13. The Labute approximate surface area is 113 Å². The number of ketones is 1. The fraction of sp³-hybridized carbons (Fsp3) is 0.0909. The van der Waals surface area contributed by atoms with Gasteiger partial charge in [0.1, 0.15) is 11.5 Å². The molecule has 8 heteroatoms. The number of nitrogens with one attached hydrogen (secondary N) is 1. The first-order chi connectivity index (χ1) is 8.88. The van der Waals surface area contributed by atoms with Crippen molar-refractivity contribution in [1.82, 2.24) is 4.98 Å². The second-order valence-electron chi connectivity index (χ2n) is 3.66. The van der Waals surface area contributed by atoms with Gasteiger partial charge >= 0.3 is 0 Å². The SMILES string of the molecule is CC(=O)c1csc(NS(=O)(=O)c2cccc(F)c2)n1. The van der Waals surface area contributed by atoms with E-state index in [4.69, 9.17) is 0 Å². The first-order valence-corrected chi connectivity index (χ1v) is 7.49. The number of hydrogen-bond donors (Lipinski definition) is 1. The minimum Gasteiger partial charge on any atom is -0.293 e. The van der Waals surface area contributed by atoms with Crippen molar-refractivity contribution in [2.45, 2.75) is 11.8 Å². The molecule has 0 atom stereocenters. The number of thiazole rings is 1. The molecule has 5 nitrogen and oxygen atoms in total. The van der Waals surface area contributed by atoms with Gasteiger partial charge in [0.25, 0.3) is 10.0 Å². The lowest BCUT2D eigenvalue weighted by Gasteiger charge is -2.04. The fourth-order valence-electron chi connectivity index (χ4n) is 1.29. The second-order valence-corrected chi connectivity index (χ2v) is 6.20. The van der Waals surface area contributed by atoms with Crippen LogP contribution in [0.5, 0.6) is 0 Å². The number of sulfonamides is 1. The summed E-state index contributed by atoms with van der Waals surface area (Å²) in [7, 11) is -3.90. The number of hydrogen-bond acceptors (Lipinski definition) is 5. The molecule has 0 saturated carbocycles. The number of benzene rings is 1. The Morgan fingerprint density at radius 1 is 1.42 bits per heavy atom. The van der Waals surface area contributed by atoms with Gasteiger partial charge in [-0.3, -0.25) is 9.52 Å². The summed E-state index contributed by atoms with van der Waals surface area (Å²) < 4.78 is 39.1. The molecule has 1 aromatic carbocycles. The zero-order valence-corrected chi connectivity index (χ0v) is 11.4. The zero-order valence-electron chi connectivity index (χ0n) is 9.75. The van der Waals surface area contributed by atoms with Crippen LogP contribution in [0.2, 0.25) is 0 Å². The number of carbonyl (C=O) groups excluding carboxylic acids is 1.